The molecule has 15 heavy (non-hydrogen) atoms. The van der Waals surface area contributed by atoms with Gasteiger partial charge in [0.2, 0.25) is 0 Å². The van der Waals surface area contributed by atoms with E-state index in [2.05, 4.69) is 0 Å². The second-order valence-corrected chi connectivity index (χ2v) is 5.37. The first-order valence-electron chi connectivity index (χ1n) is 3.64. The van der Waals surface area contributed by atoms with Crippen LogP contribution in [0.25, 0.3) is 0 Å². The first-order valence-corrected chi connectivity index (χ1v) is 6.48. The van der Waals surface area contributed by atoms with Gasteiger partial charge in [0.1, 0.15) is 16.8 Å². The fourth-order valence-corrected chi connectivity index (χ4v) is 2.41. The molecular weight excluding hydrogens is 264 g/mol. The van der Waals surface area contributed by atoms with Crippen LogP contribution in [0.3, 0.4) is 0 Å². The van der Waals surface area contributed by atoms with Crippen molar-refractivity contribution in [2.45, 2.75) is 10.8 Å². The Balaban J connectivity index is 3.67. The molecule has 0 amide bonds. The van der Waals surface area contributed by atoms with E-state index in [9.17, 15) is 12.8 Å². The molecule has 0 atom stereocenters. The van der Waals surface area contributed by atoms with E-state index < -0.39 is 19.8 Å². The maximum atomic E-state index is 13.5. The summed E-state index contributed by atoms with van der Waals surface area (Å²) < 4.78 is 35.6. The molecule has 1 aromatic rings. The Kier molecular flexibility index (Phi) is 3.55. The van der Waals surface area contributed by atoms with Crippen LogP contribution in [0.4, 0.5) is 4.39 Å². The predicted molar refractivity (Wildman–Crippen MR) is 53.7 cm³/mol. The minimum atomic E-state index is -4.29. The Morgan fingerprint density at radius 1 is 1.47 bits per heavy atom. The van der Waals surface area contributed by atoms with Gasteiger partial charge in [-0.15, -0.1) is 11.6 Å². The van der Waals surface area contributed by atoms with Crippen molar-refractivity contribution in [1.82, 2.24) is 0 Å². The first-order chi connectivity index (χ1) is 6.91. The zero-order valence-corrected chi connectivity index (χ0v) is 9.50. The van der Waals surface area contributed by atoms with E-state index in [1.807, 2.05) is 0 Å². The molecule has 0 aliphatic carbocycles. The fourth-order valence-electron chi connectivity index (χ4n) is 1.03. The topological polar surface area (TPSA) is 57.9 Å². The van der Waals surface area contributed by atoms with E-state index >= 15 is 0 Å². The molecule has 0 aliphatic rings. The van der Waals surface area contributed by atoms with Crippen molar-refractivity contribution in [3.05, 3.63) is 29.1 Å². The molecule has 0 radical (unpaired) electrons. The molecule has 1 aromatic carbocycles. The fraction of sp³-hybridized carbons (Fsp3) is 0.125. The zero-order valence-electron chi connectivity index (χ0n) is 7.17. The van der Waals surface area contributed by atoms with Gasteiger partial charge in [-0.05, 0) is 6.07 Å². The minimum Gasteiger partial charge on any atom is -0.207 e. The zero-order chi connectivity index (χ0) is 11.6. The summed E-state index contributed by atoms with van der Waals surface area (Å²) in [7, 11) is 0.722. The average Bonchev–Trinajstić information content (AvgIpc) is 2.15. The molecule has 3 nitrogen and oxygen atoms in total. The van der Waals surface area contributed by atoms with Gasteiger partial charge in [-0.3, -0.25) is 0 Å². The van der Waals surface area contributed by atoms with Gasteiger partial charge in [0.15, 0.2) is 0 Å². The summed E-state index contributed by atoms with van der Waals surface area (Å²) in [5, 5.41) is 8.60. The summed E-state index contributed by atoms with van der Waals surface area (Å²) in [6.45, 7) is 0. The number of halogens is 3. The highest BCUT2D eigenvalue weighted by Crippen LogP contribution is 2.26. The van der Waals surface area contributed by atoms with Crippen molar-refractivity contribution in [2.24, 2.45) is 0 Å². The second-order valence-electron chi connectivity index (χ2n) is 2.60. The van der Waals surface area contributed by atoms with Gasteiger partial charge in [-0.2, -0.15) is 5.26 Å². The quantitative estimate of drug-likeness (QED) is 0.611. The summed E-state index contributed by atoms with van der Waals surface area (Å²) in [6, 6.07) is 3.95. The van der Waals surface area contributed by atoms with Gasteiger partial charge in [-0.25, -0.2) is 12.8 Å². The number of nitrogens with zero attached hydrogens (tertiary/aromatic N) is 1. The van der Waals surface area contributed by atoms with Crippen LogP contribution >= 0.6 is 22.3 Å². The number of hydrogen-bond donors (Lipinski definition) is 0. The van der Waals surface area contributed by atoms with Crippen molar-refractivity contribution >= 4 is 31.3 Å². The van der Waals surface area contributed by atoms with Crippen LogP contribution in [0.5, 0.6) is 0 Å². The molecule has 0 heterocycles. The van der Waals surface area contributed by atoms with Crippen molar-refractivity contribution in [1.29, 1.82) is 5.26 Å². The monoisotopic (exact) mass is 267 g/mol. The van der Waals surface area contributed by atoms with E-state index in [0.29, 0.717) is 0 Å². The normalized spacial score (nSPS) is 11.1. The molecular formula is C8H4Cl2FNO2S. The highest BCUT2D eigenvalue weighted by Gasteiger charge is 2.23. The van der Waals surface area contributed by atoms with Crippen LogP contribution < -0.4 is 0 Å². The lowest BCUT2D eigenvalue weighted by atomic mass is 10.1. The van der Waals surface area contributed by atoms with E-state index in [1.54, 1.807) is 6.07 Å². The van der Waals surface area contributed by atoms with E-state index in [1.165, 1.54) is 6.07 Å². The summed E-state index contributed by atoms with van der Waals surface area (Å²) in [4.78, 5) is -0.815. The number of alkyl halides is 1. The van der Waals surface area contributed by atoms with Gasteiger partial charge < -0.3 is 0 Å². The number of rotatable bonds is 2. The summed E-state index contributed by atoms with van der Waals surface area (Å²) in [5.74, 6) is -1.27. The van der Waals surface area contributed by atoms with Crippen molar-refractivity contribution in [3.63, 3.8) is 0 Å². The Morgan fingerprint density at radius 2 is 2.07 bits per heavy atom. The van der Waals surface area contributed by atoms with Crippen LogP contribution in [0.2, 0.25) is 0 Å². The molecule has 0 N–H and O–H groups in total. The van der Waals surface area contributed by atoms with E-state index in [-0.39, 0.29) is 17.0 Å². The van der Waals surface area contributed by atoms with E-state index in [4.69, 9.17) is 27.5 Å². The van der Waals surface area contributed by atoms with Gasteiger partial charge in [0.25, 0.3) is 9.05 Å². The predicted octanol–water partition coefficient (Wildman–Crippen LogP) is 2.36. The van der Waals surface area contributed by atoms with Crippen LogP contribution in [0.1, 0.15) is 11.1 Å². The smallest absolute Gasteiger partial charge is 0.207 e. The van der Waals surface area contributed by atoms with Crippen LogP contribution in [-0.2, 0) is 14.9 Å². The first kappa shape index (κ1) is 12.2. The Labute approximate surface area is 95.5 Å². The average molecular weight is 268 g/mol. The van der Waals surface area contributed by atoms with Crippen LogP contribution in [0.15, 0.2) is 17.0 Å². The maximum absolute atomic E-state index is 13.5. The van der Waals surface area contributed by atoms with Crippen molar-refractivity contribution < 1.29 is 12.8 Å². The Hall–Kier alpha value is -0.830. The van der Waals surface area contributed by atoms with Gasteiger partial charge in [0.05, 0.1) is 11.4 Å². The van der Waals surface area contributed by atoms with Crippen molar-refractivity contribution in [3.8, 4) is 6.07 Å². The number of nitriles is 1. The minimum absolute atomic E-state index is 0.0186. The SMILES string of the molecule is N#Cc1ccc(CCl)c(F)c1S(=O)(=O)Cl. The standard InChI is InChI=1S/C8H4Cl2FNO2S/c9-3-5-1-2-6(4-12)8(7(5)11)15(10,13)14/h1-2H,3H2. The van der Waals surface area contributed by atoms with Gasteiger partial charge in [0, 0.05) is 16.2 Å². The molecule has 0 fully saturated rings. The van der Waals surface area contributed by atoms with Crippen LogP contribution in [0, 0.1) is 17.1 Å². The molecule has 0 aromatic heterocycles. The summed E-state index contributed by atoms with van der Waals surface area (Å²) in [5.41, 5.74) is -0.355. The number of benzene rings is 1. The third-order valence-electron chi connectivity index (χ3n) is 1.69. The molecule has 0 spiro atoms. The largest absolute Gasteiger partial charge is 0.265 e. The lowest BCUT2D eigenvalue weighted by Gasteiger charge is -2.04. The molecule has 7 heteroatoms. The lowest BCUT2D eigenvalue weighted by Crippen LogP contribution is -2.02. The van der Waals surface area contributed by atoms with Gasteiger partial charge in [-0.1, -0.05) is 6.07 Å². The van der Waals surface area contributed by atoms with Crippen LogP contribution in [-0.4, -0.2) is 8.42 Å². The molecule has 0 saturated carbocycles. The molecule has 0 aliphatic heterocycles. The summed E-state index contributed by atoms with van der Waals surface area (Å²) in [6.07, 6.45) is 0. The molecule has 1 rings (SSSR count). The molecule has 0 bridgehead atoms. The summed E-state index contributed by atoms with van der Waals surface area (Å²) >= 11 is 5.39. The van der Waals surface area contributed by atoms with E-state index in [0.717, 1.165) is 6.07 Å². The second kappa shape index (κ2) is 4.35. The van der Waals surface area contributed by atoms with Crippen molar-refractivity contribution in [2.75, 3.05) is 0 Å². The molecule has 80 valence electrons. The number of hydrogen-bond acceptors (Lipinski definition) is 3. The highest BCUT2D eigenvalue weighted by atomic mass is 35.7. The van der Waals surface area contributed by atoms with Gasteiger partial charge >= 0.3 is 0 Å². The third kappa shape index (κ3) is 2.40. The molecule has 0 saturated heterocycles. The maximum Gasteiger partial charge on any atom is 0.265 e. The molecule has 0 unspecified atom stereocenters. The Morgan fingerprint density at radius 3 is 2.47 bits per heavy atom. The Bertz CT molecular complexity index is 536. The lowest BCUT2D eigenvalue weighted by molar-refractivity contribution is 0.568. The highest BCUT2D eigenvalue weighted by molar-refractivity contribution is 8.13. The third-order valence-corrected chi connectivity index (χ3v) is 3.32.